The topological polar surface area (TPSA) is 76.1 Å². The van der Waals surface area contributed by atoms with E-state index >= 15 is 0 Å². The zero-order chi connectivity index (χ0) is 25.1. The van der Waals surface area contributed by atoms with Crippen molar-refractivity contribution >= 4 is 43.6 Å². The van der Waals surface area contributed by atoms with Gasteiger partial charge >= 0.3 is 5.97 Å². The van der Waals surface area contributed by atoms with Crippen LogP contribution in [-0.4, -0.2) is 48.3 Å². The normalized spacial score (nSPS) is 20.6. The van der Waals surface area contributed by atoms with Gasteiger partial charge in [-0.3, -0.25) is 9.69 Å². The molecule has 1 aliphatic heterocycles. The third-order valence-electron chi connectivity index (χ3n) is 6.01. The fourth-order valence-corrected chi connectivity index (χ4v) is 6.14. The quantitative estimate of drug-likeness (QED) is 0.143. The lowest BCUT2D eigenvalue weighted by Gasteiger charge is -2.50. The number of ether oxygens (including phenoxy) is 1. The number of benzene rings is 1. The lowest BCUT2D eigenvalue weighted by Crippen LogP contribution is -2.64. The van der Waals surface area contributed by atoms with E-state index in [0.717, 1.165) is 4.90 Å². The Hall–Kier alpha value is -1.74. The summed E-state index contributed by atoms with van der Waals surface area (Å²) in [6.07, 6.45) is -0.366. The Morgan fingerprint density at radius 2 is 1.88 bits per heavy atom. The summed E-state index contributed by atoms with van der Waals surface area (Å²) in [6.45, 7) is 17.3. The molecule has 1 aliphatic rings. The second-order valence-corrected chi connectivity index (χ2v) is 16.1. The first-order valence-electron chi connectivity index (χ1n) is 10.8. The van der Waals surface area contributed by atoms with Crippen molar-refractivity contribution in [2.45, 2.75) is 69.1 Å². The summed E-state index contributed by atoms with van der Waals surface area (Å²) in [5.74, 6) is -1.92. The van der Waals surface area contributed by atoms with Gasteiger partial charge in [0.1, 0.15) is 17.7 Å². The predicted octanol–water partition coefficient (Wildman–Crippen LogP) is 6.06. The SMILES string of the molecule is C=C(Cl)COC(=O)/C(=C(/C)O)N1C(=O)[C@H]([C@@H](C)O[Si](C)(C)C(C)(C)C)[C@H]1Sc1ccccc1. The molecule has 0 aromatic heterocycles. The van der Waals surface area contributed by atoms with Gasteiger partial charge in [0.05, 0.1) is 12.0 Å². The van der Waals surface area contributed by atoms with Crippen LogP contribution in [0.25, 0.3) is 0 Å². The summed E-state index contributed by atoms with van der Waals surface area (Å²) in [6, 6.07) is 9.60. The molecule has 1 amide bonds. The number of amides is 1. The highest BCUT2D eigenvalue weighted by Gasteiger charge is 2.55. The molecule has 2 rings (SSSR count). The molecule has 0 radical (unpaired) electrons. The van der Waals surface area contributed by atoms with Gasteiger partial charge in [-0.25, -0.2) is 4.79 Å². The van der Waals surface area contributed by atoms with E-state index in [-0.39, 0.29) is 40.1 Å². The molecule has 0 spiro atoms. The number of esters is 1. The van der Waals surface area contributed by atoms with E-state index in [0.29, 0.717) is 0 Å². The molecule has 33 heavy (non-hydrogen) atoms. The second kappa shape index (κ2) is 10.7. The Kier molecular flexibility index (Phi) is 8.90. The number of halogens is 1. The third-order valence-corrected chi connectivity index (χ3v) is 12.0. The van der Waals surface area contributed by atoms with Crippen molar-refractivity contribution in [3.05, 3.63) is 53.4 Å². The number of nitrogens with zero attached hydrogens (tertiary/aromatic N) is 1. The van der Waals surface area contributed by atoms with Crippen molar-refractivity contribution in [3.8, 4) is 0 Å². The Morgan fingerprint density at radius 1 is 1.30 bits per heavy atom. The van der Waals surface area contributed by atoms with Crippen LogP contribution < -0.4 is 0 Å². The zero-order valence-corrected chi connectivity index (χ0v) is 22.9. The Bertz CT molecular complexity index is 925. The second-order valence-electron chi connectivity index (χ2n) is 9.67. The molecule has 3 atom stereocenters. The van der Waals surface area contributed by atoms with Crippen LogP contribution in [0.15, 0.2) is 58.3 Å². The van der Waals surface area contributed by atoms with Gasteiger partial charge in [0.25, 0.3) is 0 Å². The van der Waals surface area contributed by atoms with Crippen LogP contribution in [0.3, 0.4) is 0 Å². The first-order valence-corrected chi connectivity index (χ1v) is 15.0. The summed E-state index contributed by atoms with van der Waals surface area (Å²) in [5.41, 5.74) is -0.192. The molecule has 1 aromatic carbocycles. The van der Waals surface area contributed by atoms with E-state index in [1.165, 1.54) is 23.6 Å². The van der Waals surface area contributed by atoms with Crippen molar-refractivity contribution in [1.82, 2.24) is 4.90 Å². The monoisotopic (exact) mass is 511 g/mol. The fraction of sp³-hybridized carbons (Fsp3) is 0.500. The van der Waals surface area contributed by atoms with E-state index < -0.39 is 25.6 Å². The highest BCUT2D eigenvalue weighted by atomic mass is 35.5. The minimum absolute atomic E-state index is 0.0175. The van der Waals surface area contributed by atoms with Gasteiger partial charge in [-0.1, -0.05) is 68.9 Å². The van der Waals surface area contributed by atoms with Crippen molar-refractivity contribution in [3.63, 3.8) is 0 Å². The predicted molar refractivity (Wildman–Crippen MR) is 135 cm³/mol. The molecular formula is C24H34ClNO5SSi. The molecule has 9 heteroatoms. The van der Waals surface area contributed by atoms with Gasteiger partial charge < -0.3 is 14.3 Å². The Labute approximate surface area is 207 Å². The largest absolute Gasteiger partial charge is 0.510 e. The number of β-lactam (4-membered cyclic amide) rings is 1. The van der Waals surface area contributed by atoms with Crippen LogP contribution in [-0.2, 0) is 18.8 Å². The van der Waals surface area contributed by atoms with Crippen LogP contribution in [0, 0.1) is 5.92 Å². The van der Waals surface area contributed by atoms with Crippen molar-refractivity contribution in [2.75, 3.05) is 6.61 Å². The Morgan fingerprint density at radius 3 is 2.36 bits per heavy atom. The molecule has 0 saturated carbocycles. The van der Waals surface area contributed by atoms with E-state index in [9.17, 15) is 14.7 Å². The number of hydrogen-bond acceptors (Lipinski definition) is 6. The number of aliphatic hydroxyl groups excluding tert-OH is 1. The van der Waals surface area contributed by atoms with Gasteiger partial charge in [0.15, 0.2) is 14.0 Å². The van der Waals surface area contributed by atoms with Gasteiger partial charge in [-0.15, -0.1) is 0 Å². The maximum atomic E-state index is 13.4. The molecule has 0 bridgehead atoms. The minimum Gasteiger partial charge on any atom is -0.510 e. The van der Waals surface area contributed by atoms with Gasteiger partial charge in [-0.2, -0.15) is 0 Å². The van der Waals surface area contributed by atoms with E-state index in [4.69, 9.17) is 20.8 Å². The maximum Gasteiger partial charge on any atom is 0.358 e. The fourth-order valence-electron chi connectivity index (χ4n) is 3.27. The van der Waals surface area contributed by atoms with Crippen LogP contribution in [0.2, 0.25) is 18.1 Å². The van der Waals surface area contributed by atoms with Crippen molar-refractivity contribution in [1.29, 1.82) is 0 Å². The Balaban J connectivity index is 2.38. The molecule has 0 aliphatic carbocycles. The molecule has 1 N–H and O–H groups in total. The van der Waals surface area contributed by atoms with Gasteiger partial charge in [0, 0.05) is 9.93 Å². The average Bonchev–Trinajstić information content (AvgIpc) is 2.68. The van der Waals surface area contributed by atoms with Gasteiger partial charge in [-0.05, 0) is 44.1 Å². The molecular weight excluding hydrogens is 478 g/mol. The molecule has 1 heterocycles. The van der Waals surface area contributed by atoms with Crippen LogP contribution in [0.4, 0.5) is 0 Å². The minimum atomic E-state index is -2.14. The molecule has 182 valence electrons. The highest BCUT2D eigenvalue weighted by Crippen LogP contribution is 2.46. The number of rotatable bonds is 9. The van der Waals surface area contributed by atoms with Crippen LogP contribution in [0.1, 0.15) is 34.6 Å². The first-order chi connectivity index (χ1) is 15.2. The molecule has 1 fully saturated rings. The number of thioether (sulfide) groups is 1. The average molecular weight is 512 g/mol. The molecule has 1 saturated heterocycles. The summed E-state index contributed by atoms with van der Waals surface area (Å²) < 4.78 is 11.7. The smallest absolute Gasteiger partial charge is 0.358 e. The summed E-state index contributed by atoms with van der Waals surface area (Å²) in [4.78, 5) is 28.4. The number of allylic oxidation sites excluding steroid dienone is 1. The standard InChI is InChI=1S/C24H34ClNO5SSi/c1-15(25)14-30-23(29)20(16(2)27)26-21(28)19(17(3)31-33(7,8)24(4,5)6)22(26)32-18-12-10-9-11-13-18/h9-13,17,19,22,27H,1,14H2,2-8H3/b20-16+/t17-,19+,22-/m1/s1. The zero-order valence-electron chi connectivity index (χ0n) is 20.3. The lowest BCUT2D eigenvalue weighted by molar-refractivity contribution is -0.158. The lowest BCUT2D eigenvalue weighted by atomic mass is 9.92. The first kappa shape index (κ1) is 27.5. The number of hydrogen-bond donors (Lipinski definition) is 1. The number of likely N-dealkylation sites (tertiary alicyclic amines) is 1. The maximum absolute atomic E-state index is 13.4. The number of carbonyl (C=O) groups excluding carboxylic acids is 2. The third kappa shape index (κ3) is 6.44. The van der Waals surface area contributed by atoms with E-state index in [1.807, 2.05) is 37.3 Å². The summed E-state index contributed by atoms with van der Waals surface area (Å²) >= 11 is 7.16. The van der Waals surface area contributed by atoms with E-state index in [2.05, 4.69) is 40.4 Å². The van der Waals surface area contributed by atoms with Gasteiger partial charge in [0.2, 0.25) is 5.91 Å². The van der Waals surface area contributed by atoms with Crippen LogP contribution in [0.5, 0.6) is 0 Å². The van der Waals surface area contributed by atoms with Crippen molar-refractivity contribution in [2.24, 2.45) is 5.92 Å². The molecule has 0 unspecified atom stereocenters. The summed E-state index contributed by atoms with van der Waals surface area (Å²) in [7, 11) is -2.14. The molecule has 1 aromatic rings. The van der Waals surface area contributed by atoms with E-state index in [1.54, 1.807) is 0 Å². The van der Waals surface area contributed by atoms with Crippen LogP contribution >= 0.6 is 23.4 Å². The number of aliphatic hydroxyl groups is 1. The van der Waals surface area contributed by atoms with Crippen molar-refractivity contribution < 1.29 is 23.9 Å². The number of carbonyl (C=O) groups is 2. The highest BCUT2D eigenvalue weighted by molar-refractivity contribution is 8.00. The summed E-state index contributed by atoms with van der Waals surface area (Å²) in [5, 5.41) is 9.96. The molecule has 6 nitrogen and oxygen atoms in total.